The van der Waals surface area contributed by atoms with Gasteiger partial charge in [0.05, 0.1) is 16.7 Å². The third kappa shape index (κ3) is 2.31. The van der Waals surface area contributed by atoms with Crippen molar-refractivity contribution in [3.05, 3.63) is 64.1 Å². The SMILES string of the molecule is CC1=C(C)C(=O)[C@@](C)(C2=C(O)/C(=C/c3ccccc3)NC2=O)C1. The highest BCUT2D eigenvalue weighted by molar-refractivity contribution is 6.13. The molecule has 1 aromatic carbocycles. The Morgan fingerprint density at radius 2 is 1.83 bits per heavy atom. The quantitative estimate of drug-likeness (QED) is 0.881. The third-order valence-corrected chi connectivity index (χ3v) is 4.73. The van der Waals surface area contributed by atoms with Gasteiger partial charge in [0.1, 0.15) is 5.76 Å². The first-order chi connectivity index (χ1) is 10.8. The first-order valence-electron chi connectivity index (χ1n) is 7.58. The van der Waals surface area contributed by atoms with Crippen molar-refractivity contribution in [3.63, 3.8) is 0 Å². The largest absolute Gasteiger partial charge is 0.505 e. The van der Waals surface area contributed by atoms with Gasteiger partial charge in [0, 0.05) is 0 Å². The fourth-order valence-corrected chi connectivity index (χ4v) is 3.37. The second-order valence-electron chi connectivity index (χ2n) is 6.39. The fraction of sp³-hybridized carbons (Fsp3) is 0.263. The molecule has 0 spiro atoms. The van der Waals surface area contributed by atoms with Crippen molar-refractivity contribution >= 4 is 17.8 Å². The fourth-order valence-electron chi connectivity index (χ4n) is 3.37. The summed E-state index contributed by atoms with van der Waals surface area (Å²) in [4.78, 5) is 25.0. The van der Waals surface area contributed by atoms with E-state index in [-0.39, 0.29) is 17.1 Å². The van der Waals surface area contributed by atoms with E-state index < -0.39 is 11.3 Å². The molecule has 1 heterocycles. The number of carbonyl (C=O) groups excluding carboxylic acids is 2. The smallest absolute Gasteiger partial charge is 0.256 e. The average Bonchev–Trinajstić information content (AvgIpc) is 2.90. The van der Waals surface area contributed by atoms with Crippen LogP contribution in [0.2, 0.25) is 0 Å². The van der Waals surface area contributed by atoms with Crippen LogP contribution in [0.15, 0.2) is 58.5 Å². The number of nitrogens with one attached hydrogen (secondary N) is 1. The van der Waals surface area contributed by atoms with Crippen LogP contribution in [-0.2, 0) is 9.59 Å². The Morgan fingerprint density at radius 1 is 1.17 bits per heavy atom. The number of hydrogen-bond acceptors (Lipinski definition) is 3. The van der Waals surface area contributed by atoms with E-state index in [2.05, 4.69) is 5.32 Å². The topological polar surface area (TPSA) is 66.4 Å². The van der Waals surface area contributed by atoms with Crippen molar-refractivity contribution in [3.8, 4) is 0 Å². The standard InChI is InChI=1S/C19H19NO3/c1-11-10-19(3,17(22)12(11)2)15-16(21)14(20-18(15)23)9-13-7-5-4-6-8-13/h4-9,21H,10H2,1-3H3,(H,20,23)/b14-9-/t19-/m1/s1. The lowest BCUT2D eigenvalue weighted by Gasteiger charge is -2.22. The summed E-state index contributed by atoms with van der Waals surface area (Å²) >= 11 is 0. The number of carbonyl (C=O) groups is 2. The van der Waals surface area contributed by atoms with Gasteiger partial charge in [0.2, 0.25) is 0 Å². The van der Waals surface area contributed by atoms with Crippen molar-refractivity contribution in [2.45, 2.75) is 27.2 Å². The molecule has 1 aliphatic heterocycles. The van der Waals surface area contributed by atoms with Crippen LogP contribution in [0.4, 0.5) is 0 Å². The predicted molar refractivity (Wildman–Crippen MR) is 88.3 cm³/mol. The van der Waals surface area contributed by atoms with Crippen LogP contribution in [0.25, 0.3) is 6.08 Å². The van der Waals surface area contributed by atoms with Gasteiger partial charge in [0.15, 0.2) is 5.78 Å². The summed E-state index contributed by atoms with van der Waals surface area (Å²) in [7, 11) is 0. The summed E-state index contributed by atoms with van der Waals surface area (Å²) in [5, 5.41) is 13.2. The zero-order valence-corrected chi connectivity index (χ0v) is 13.4. The van der Waals surface area contributed by atoms with E-state index in [1.54, 1.807) is 19.9 Å². The molecule has 0 aromatic heterocycles. The molecule has 23 heavy (non-hydrogen) atoms. The van der Waals surface area contributed by atoms with Crippen molar-refractivity contribution < 1.29 is 14.7 Å². The van der Waals surface area contributed by atoms with Crippen molar-refractivity contribution in [2.24, 2.45) is 5.41 Å². The summed E-state index contributed by atoms with van der Waals surface area (Å²) in [6.07, 6.45) is 2.17. The van der Waals surface area contributed by atoms with Crippen LogP contribution in [0.1, 0.15) is 32.8 Å². The molecule has 0 radical (unpaired) electrons. The Morgan fingerprint density at radius 3 is 2.39 bits per heavy atom. The first kappa shape index (κ1) is 15.3. The van der Waals surface area contributed by atoms with Crippen LogP contribution in [0.5, 0.6) is 0 Å². The molecule has 4 heteroatoms. The number of hydrogen-bond donors (Lipinski definition) is 2. The number of amides is 1. The van der Waals surface area contributed by atoms with Crippen LogP contribution >= 0.6 is 0 Å². The summed E-state index contributed by atoms with van der Waals surface area (Å²) < 4.78 is 0. The van der Waals surface area contributed by atoms with E-state index in [4.69, 9.17) is 0 Å². The summed E-state index contributed by atoms with van der Waals surface area (Å²) in [5.74, 6) is -0.618. The van der Waals surface area contributed by atoms with Gasteiger partial charge in [-0.2, -0.15) is 0 Å². The van der Waals surface area contributed by atoms with Gasteiger partial charge in [-0.1, -0.05) is 35.9 Å². The zero-order valence-electron chi connectivity index (χ0n) is 13.4. The molecule has 0 fully saturated rings. The molecule has 0 saturated heterocycles. The Bertz CT molecular complexity index is 799. The van der Waals surface area contributed by atoms with E-state index >= 15 is 0 Å². The van der Waals surface area contributed by atoms with Crippen LogP contribution in [-0.4, -0.2) is 16.8 Å². The minimum atomic E-state index is -0.991. The molecule has 2 aliphatic rings. The highest BCUT2D eigenvalue weighted by Crippen LogP contribution is 2.46. The van der Waals surface area contributed by atoms with Gasteiger partial charge in [-0.25, -0.2) is 0 Å². The zero-order chi connectivity index (χ0) is 16.8. The minimum Gasteiger partial charge on any atom is -0.505 e. The normalized spacial score (nSPS) is 26.5. The number of ketones is 1. The van der Waals surface area contributed by atoms with E-state index in [0.29, 0.717) is 17.7 Å². The summed E-state index contributed by atoms with van der Waals surface area (Å²) in [6, 6.07) is 9.41. The van der Waals surface area contributed by atoms with Crippen molar-refractivity contribution in [1.82, 2.24) is 5.32 Å². The molecule has 118 valence electrons. The maximum atomic E-state index is 12.6. The molecule has 4 nitrogen and oxygen atoms in total. The Kier molecular flexibility index (Phi) is 3.48. The van der Waals surface area contributed by atoms with Gasteiger partial charge < -0.3 is 10.4 Å². The molecule has 1 atom stereocenters. The molecule has 1 aromatic rings. The first-order valence-corrected chi connectivity index (χ1v) is 7.58. The average molecular weight is 309 g/mol. The van der Waals surface area contributed by atoms with Gasteiger partial charge in [-0.05, 0) is 44.4 Å². The maximum absolute atomic E-state index is 12.6. The van der Waals surface area contributed by atoms with Crippen LogP contribution in [0.3, 0.4) is 0 Å². The lowest BCUT2D eigenvalue weighted by atomic mass is 9.77. The molecule has 0 unspecified atom stereocenters. The van der Waals surface area contributed by atoms with Gasteiger partial charge in [-0.3, -0.25) is 9.59 Å². The highest BCUT2D eigenvalue weighted by atomic mass is 16.3. The van der Waals surface area contributed by atoms with Crippen molar-refractivity contribution in [1.29, 1.82) is 0 Å². The number of aliphatic hydroxyl groups is 1. The molecular formula is C19H19NO3. The Labute approximate surface area is 135 Å². The summed E-state index contributed by atoms with van der Waals surface area (Å²) in [5.41, 5.74) is 2.03. The second kappa shape index (κ2) is 5.23. The molecular weight excluding hydrogens is 290 g/mol. The van der Waals surface area contributed by atoms with Crippen molar-refractivity contribution in [2.75, 3.05) is 0 Å². The lowest BCUT2D eigenvalue weighted by molar-refractivity contribution is -0.125. The molecule has 3 rings (SSSR count). The molecule has 1 amide bonds. The van der Waals surface area contributed by atoms with E-state index in [1.165, 1.54) is 0 Å². The summed E-state index contributed by atoms with van der Waals surface area (Å²) in [6.45, 7) is 5.39. The number of benzene rings is 1. The molecule has 1 aliphatic carbocycles. The van der Waals surface area contributed by atoms with Gasteiger partial charge in [0.25, 0.3) is 5.91 Å². The Hall–Kier alpha value is -2.62. The number of Topliss-reactive ketones (excluding diaryl/α,β-unsaturated/α-hetero) is 1. The lowest BCUT2D eigenvalue weighted by Crippen LogP contribution is -2.32. The van der Waals surface area contributed by atoms with Gasteiger partial charge in [-0.15, -0.1) is 0 Å². The molecule has 0 bridgehead atoms. The second-order valence-corrected chi connectivity index (χ2v) is 6.39. The van der Waals surface area contributed by atoms with Gasteiger partial charge >= 0.3 is 0 Å². The maximum Gasteiger partial charge on any atom is 0.256 e. The van der Waals surface area contributed by atoms with Crippen LogP contribution in [0, 0.1) is 5.41 Å². The van der Waals surface area contributed by atoms with E-state index in [0.717, 1.165) is 11.1 Å². The molecule has 0 saturated carbocycles. The minimum absolute atomic E-state index is 0.0901. The monoisotopic (exact) mass is 309 g/mol. The predicted octanol–water partition coefficient (Wildman–Crippen LogP) is 3.28. The third-order valence-electron chi connectivity index (χ3n) is 4.73. The highest BCUT2D eigenvalue weighted by Gasteiger charge is 2.49. The van der Waals surface area contributed by atoms with Crippen LogP contribution < -0.4 is 5.32 Å². The number of aliphatic hydroxyl groups excluding tert-OH is 1. The molecule has 2 N–H and O–H groups in total. The number of rotatable bonds is 2. The number of allylic oxidation sites excluding steroid dienone is 2. The van der Waals surface area contributed by atoms with E-state index in [1.807, 2.05) is 37.3 Å². The Balaban J connectivity index is 2.05. The van der Waals surface area contributed by atoms with E-state index in [9.17, 15) is 14.7 Å².